The maximum Gasteiger partial charge on any atom is 0.110 e. The van der Waals surface area contributed by atoms with E-state index in [2.05, 4.69) is 29.5 Å². The average molecular weight is 240 g/mol. The average Bonchev–Trinajstić information content (AvgIpc) is 2.65. The minimum Gasteiger partial charge on any atom is -0.378 e. The SMILES string of the molecule is Cc1csc(C(C)NC2CCOC(C)C2)n1. The number of ether oxygens (including phenoxy) is 1. The molecule has 3 atom stereocenters. The monoisotopic (exact) mass is 240 g/mol. The van der Waals surface area contributed by atoms with Gasteiger partial charge in [0.05, 0.1) is 12.1 Å². The lowest BCUT2D eigenvalue weighted by molar-refractivity contribution is 0.0116. The molecule has 3 unspecified atom stereocenters. The van der Waals surface area contributed by atoms with Crippen molar-refractivity contribution in [3.63, 3.8) is 0 Å². The van der Waals surface area contributed by atoms with Gasteiger partial charge in [0.15, 0.2) is 0 Å². The van der Waals surface area contributed by atoms with Crippen LogP contribution in [0.15, 0.2) is 5.38 Å². The fourth-order valence-electron chi connectivity index (χ4n) is 2.15. The number of nitrogens with zero attached hydrogens (tertiary/aromatic N) is 1. The molecule has 0 radical (unpaired) electrons. The molecule has 0 saturated carbocycles. The van der Waals surface area contributed by atoms with Crippen molar-refractivity contribution >= 4 is 11.3 Å². The molecule has 0 aliphatic carbocycles. The fourth-order valence-corrected chi connectivity index (χ4v) is 2.96. The van der Waals surface area contributed by atoms with Crippen molar-refractivity contribution in [3.8, 4) is 0 Å². The van der Waals surface area contributed by atoms with E-state index in [-0.39, 0.29) is 0 Å². The van der Waals surface area contributed by atoms with Crippen molar-refractivity contribution in [2.24, 2.45) is 0 Å². The van der Waals surface area contributed by atoms with Crippen molar-refractivity contribution in [3.05, 3.63) is 16.1 Å². The molecule has 1 aromatic rings. The first kappa shape index (κ1) is 12.0. The Bertz CT molecular complexity index is 340. The van der Waals surface area contributed by atoms with Gasteiger partial charge in [-0.3, -0.25) is 0 Å². The molecular weight excluding hydrogens is 220 g/mol. The summed E-state index contributed by atoms with van der Waals surface area (Å²) in [4.78, 5) is 4.52. The van der Waals surface area contributed by atoms with E-state index < -0.39 is 0 Å². The highest BCUT2D eigenvalue weighted by Crippen LogP contribution is 2.21. The number of thiazole rings is 1. The molecule has 0 bridgehead atoms. The van der Waals surface area contributed by atoms with Crippen LogP contribution >= 0.6 is 11.3 Å². The van der Waals surface area contributed by atoms with Gasteiger partial charge in [-0.1, -0.05) is 0 Å². The van der Waals surface area contributed by atoms with E-state index >= 15 is 0 Å². The first-order valence-corrected chi connectivity index (χ1v) is 6.83. The molecule has 16 heavy (non-hydrogen) atoms. The summed E-state index contributed by atoms with van der Waals surface area (Å²) in [6.45, 7) is 7.26. The number of aromatic nitrogens is 1. The van der Waals surface area contributed by atoms with Crippen LogP contribution in [0.5, 0.6) is 0 Å². The molecule has 0 spiro atoms. The normalized spacial score (nSPS) is 27.9. The highest BCUT2D eigenvalue weighted by Gasteiger charge is 2.21. The second-order valence-corrected chi connectivity index (χ2v) is 5.51. The van der Waals surface area contributed by atoms with Crippen LogP contribution in [0.4, 0.5) is 0 Å². The van der Waals surface area contributed by atoms with Crippen molar-refractivity contribution in [2.75, 3.05) is 6.61 Å². The van der Waals surface area contributed by atoms with Crippen molar-refractivity contribution in [1.29, 1.82) is 0 Å². The predicted octanol–water partition coefficient (Wildman–Crippen LogP) is 2.67. The standard InChI is InChI=1S/C12H20N2OS/c1-8-7-16-12(13-8)10(3)14-11-4-5-15-9(2)6-11/h7,9-11,14H,4-6H2,1-3H3. The summed E-state index contributed by atoms with van der Waals surface area (Å²) < 4.78 is 5.55. The fraction of sp³-hybridized carbons (Fsp3) is 0.750. The molecule has 4 heteroatoms. The lowest BCUT2D eigenvalue weighted by Gasteiger charge is -2.29. The summed E-state index contributed by atoms with van der Waals surface area (Å²) in [7, 11) is 0. The summed E-state index contributed by atoms with van der Waals surface area (Å²) in [5, 5.41) is 6.95. The quantitative estimate of drug-likeness (QED) is 0.882. The Morgan fingerprint density at radius 3 is 3.06 bits per heavy atom. The third-order valence-electron chi connectivity index (χ3n) is 2.98. The van der Waals surface area contributed by atoms with Crippen LogP contribution in [0.1, 0.15) is 43.4 Å². The molecule has 90 valence electrons. The van der Waals surface area contributed by atoms with Crippen LogP contribution in [0.3, 0.4) is 0 Å². The minimum atomic E-state index is 0.356. The molecule has 1 aliphatic heterocycles. The number of hydrogen-bond donors (Lipinski definition) is 1. The van der Waals surface area contributed by atoms with Crippen molar-refractivity contribution in [1.82, 2.24) is 10.3 Å². The molecule has 0 aromatic carbocycles. The summed E-state index contributed by atoms with van der Waals surface area (Å²) in [5.74, 6) is 0. The molecule has 3 nitrogen and oxygen atoms in total. The first-order valence-electron chi connectivity index (χ1n) is 5.95. The lowest BCUT2D eigenvalue weighted by atomic mass is 10.0. The first-order chi connectivity index (χ1) is 7.65. The van der Waals surface area contributed by atoms with Gasteiger partial charge < -0.3 is 10.1 Å². The van der Waals surface area contributed by atoms with Crippen LogP contribution in [0, 0.1) is 6.92 Å². The third kappa shape index (κ3) is 3.03. The van der Waals surface area contributed by atoms with Gasteiger partial charge in [0, 0.05) is 23.7 Å². The molecule has 0 amide bonds. The zero-order valence-corrected chi connectivity index (χ0v) is 11.0. The van der Waals surface area contributed by atoms with Gasteiger partial charge in [-0.15, -0.1) is 11.3 Å². The minimum absolute atomic E-state index is 0.356. The van der Waals surface area contributed by atoms with Gasteiger partial charge in [0.2, 0.25) is 0 Å². The summed E-state index contributed by atoms with van der Waals surface area (Å²) in [6.07, 6.45) is 2.60. The predicted molar refractivity (Wildman–Crippen MR) is 66.8 cm³/mol. The van der Waals surface area contributed by atoms with Gasteiger partial charge in [-0.05, 0) is 33.6 Å². The smallest absolute Gasteiger partial charge is 0.110 e. The van der Waals surface area contributed by atoms with E-state index in [0.29, 0.717) is 18.2 Å². The van der Waals surface area contributed by atoms with E-state index in [1.54, 1.807) is 11.3 Å². The van der Waals surface area contributed by atoms with Crippen molar-refractivity contribution in [2.45, 2.75) is 51.8 Å². The van der Waals surface area contributed by atoms with Gasteiger partial charge in [0.25, 0.3) is 0 Å². The number of rotatable bonds is 3. The molecule has 1 aromatic heterocycles. The maximum atomic E-state index is 5.55. The third-order valence-corrected chi connectivity index (χ3v) is 4.12. The Kier molecular flexibility index (Phi) is 3.95. The number of aryl methyl sites for hydroxylation is 1. The van der Waals surface area contributed by atoms with E-state index in [1.165, 1.54) is 5.01 Å². The van der Waals surface area contributed by atoms with E-state index in [9.17, 15) is 0 Å². The van der Waals surface area contributed by atoms with E-state index in [0.717, 1.165) is 25.1 Å². The molecule has 1 saturated heterocycles. The van der Waals surface area contributed by atoms with Gasteiger partial charge >= 0.3 is 0 Å². The van der Waals surface area contributed by atoms with Crippen LogP contribution < -0.4 is 5.32 Å². The van der Waals surface area contributed by atoms with Crippen LogP contribution in [-0.4, -0.2) is 23.7 Å². The second kappa shape index (κ2) is 5.25. The summed E-state index contributed by atoms with van der Waals surface area (Å²) in [5.41, 5.74) is 1.12. The molecule has 1 fully saturated rings. The van der Waals surface area contributed by atoms with Crippen LogP contribution in [-0.2, 0) is 4.74 Å². The van der Waals surface area contributed by atoms with E-state index in [4.69, 9.17) is 4.74 Å². The van der Waals surface area contributed by atoms with Gasteiger partial charge in [0.1, 0.15) is 5.01 Å². The number of hydrogen-bond acceptors (Lipinski definition) is 4. The Labute approximate surface area is 101 Å². The topological polar surface area (TPSA) is 34.1 Å². The van der Waals surface area contributed by atoms with Crippen molar-refractivity contribution < 1.29 is 4.74 Å². The Balaban J connectivity index is 1.89. The number of nitrogens with one attached hydrogen (secondary N) is 1. The van der Waals surface area contributed by atoms with E-state index in [1.807, 2.05) is 6.92 Å². The zero-order valence-electron chi connectivity index (χ0n) is 10.2. The zero-order chi connectivity index (χ0) is 11.5. The van der Waals surface area contributed by atoms with Crippen LogP contribution in [0.25, 0.3) is 0 Å². The molecule has 2 heterocycles. The highest BCUT2D eigenvalue weighted by molar-refractivity contribution is 7.09. The summed E-state index contributed by atoms with van der Waals surface area (Å²) in [6, 6.07) is 0.928. The summed E-state index contributed by atoms with van der Waals surface area (Å²) >= 11 is 1.74. The Morgan fingerprint density at radius 1 is 1.62 bits per heavy atom. The second-order valence-electron chi connectivity index (χ2n) is 4.62. The maximum absolute atomic E-state index is 5.55. The lowest BCUT2D eigenvalue weighted by Crippen LogP contribution is -2.39. The van der Waals surface area contributed by atoms with Crippen LogP contribution in [0.2, 0.25) is 0 Å². The van der Waals surface area contributed by atoms with Gasteiger partial charge in [-0.25, -0.2) is 4.98 Å². The largest absolute Gasteiger partial charge is 0.378 e. The highest BCUT2D eigenvalue weighted by atomic mass is 32.1. The molecule has 1 N–H and O–H groups in total. The Morgan fingerprint density at radius 2 is 2.44 bits per heavy atom. The molecular formula is C12H20N2OS. The Hall–Kier alpha value is -0.450. The molecule has 2 rings (SSSR count). The molecule has 1 aliphatic rings. The van der Waals surface area contributed by atoms with Gasteiger partial charge in [-0.2, -0.15) is 0 Å².